The van der Waals surface area contributed by atoms with Gasteiger partial charge in [0.25, 0.3) is 6.43 Å². The number of carbonyl (C=O) groups is 4. The number of rotatable bonds is 8. The molecule has 0 radical (unpaired) electrons. The first kappa shape index (κ1) is 33.4. The standard InChI is InChI=1S/C14H15F2NO2.C12H15NO.C4H6F2O2/c1-9(10-5-3-2-4-6-10)17-8-7-11(14(17)19)12(18)13(15)16;1-10(11-6-3-2-4-7-11)13-9-5-8-12(13)14;1-2-8-4(7)3(5)6/h2-6,9,11,13H,7-8H2,1H3;2-4,6-7,10H,5,8-9H2,1H3;3H,2H2,1H3/t9-,11?;10-;/m11./s1. The van der Waals surface area contributed by atoms with Crippen molar-refractivity contribution in [2.24, 2.45) is 5.92 Å². The van der Waals surface area contributed by atoms with E-state index in [1.54, 1.807) is 0 Å². The van der Waals surface area contributed by atoms with Crippen molar-refractivity contribution in [3.63, 3.8) is 0 Å². The topological polar surface area (TPSA) is 84.0 Å². The van der Waals surface area contributed by atoms with Crippen LogP contribution in [0.4, 0.5) is 17.6 Å². The molecule has 3 atom stereocenters. The maximum absolute atomic E-state index is 12.4. The highest BCUT2D eigenvalue weighted by atomic mass is 19.3. The number of esters is 1. The zero-order valence-corrected chi connectivity index (χ0v) is 23.4. The van der Waals surface area contributed by atoms with Crippen molar-refractivity contribution in [1.82, 2.24) is 9.80 Å². The van der Waals surface area contributed by atoms with Crippen molar-refractivity contribution in [3.8, 4) is 0 Å². The Morgan fingerprint density at radius 2 is 1.34 bits per heavy atom. The molecule has 2 fully saturated rings. The van der Waals surface area contributed by atoms with Crippen LogP contribution in [0.25, 0.3) is 0 Å². The van der Waals surface area contributed by atoms with E-state index in [1.165, 1.54) is 17.4 Å². The van der Waals surface area contributed by atoms with Crippen LogP contribution in [0.2, 0.25) is 0 Å². The van der Waals surface area contributed by atoms with Gasteiger partial charge in [0.2, 0.25) is 17.6 Å². The second-order valence-electron chi connectivity index (χ2n) is 9.49. The average molecular weight is 581 g/mol. The number of amides is 2. The van der Waals surface area contributed by atoms with Gasteiger partial charge in [0.15, 0.2) is 0 Å². The van der Waals surface area contributed by atoms with E-state index in [1.807, 2.05) is 60.4 Å². The van der Waals surface area contributed by atoms with Crippen LogP contribution < -0.4 is 0 Å². The van der Waals surface area contributed by atoms with Crippen molar-refractivity contribution < 1.29 is 41.5 Å². The van der Waals surface area contributed by atoms with Gasteiger partial charge in [-0.2, -0.15) is 8.78 Å². The molecule has 0 bridgehead atoms. The number of hydrogen-bond donors (Lipinski definition) is 0. The number of hydrogen-bond acceptors (Lipinski definition) is 5. The Balaban J connectivity index is 0.000000235. The molecule has 0 aromatic heterocycles. The van der Waals surface area contributed by atoms with Gasteiger partial charge in [0.1, 0.15) is 5.92 Å². The third-order valence-electron chi connectivity index (χ3n) is 6.87. The number of ketones is 1. The fraction of sp³-hybridized carbons (Fsp3) is 0.467. The first-order chi connectivity index (χ1) is 19.5. The summed E-state index contributed by atoms with van der Waals surface area (Å²) in [7, 11) is 0. The van der Waals surface area contributed by atoms with Crippen molar-refractivity contribution in [3.05, 3.63) is 71.8 Å². The van der Waals surface area contributed by atoms with E-state index < -0.39 is 36.4 Å². The zero-order chi connectivity index (χ0) is 30.5. The van der Waals surface area contributed by atoms with Gasteiger partial charge < -0.3 is 14.5 Å². The van der Waals surface area contributed by atoms with Crippen molar-refractivity contribution >= 4 is 23.6 Å². The molecule has 41 heavy (non-hydrogen) atoms. The molecule has 2 aliphatic rings. The van der Waals surface area contributed by atoms with E-state index in [9.17, 15) is 36.7 Å². The van der Waals surface area contributed by atoms with Crippen molar-refractivity contribution in [1.29, 1.82) is 0 Å². The van der Waals surface area contributed by atoms with Crippen LogP contribution >= 0.6 is 0 Å². The molecule has 11 heteroatoms. The smallest absolute Gasteiger partial charge is 0.373 e. The lowest BCUT2D eigenvalue weighted by Crippen LogP contribution is -2.34. The molecule has 0 saturated carbocycles. The van der Waals surface area contributed by atoms with Gasteiger partial charge in [0, 0.05) is 19.5 Å². The first-order valence-corrected chi connectivity index (χ1v) is 13.5. The Kier molecular flexibility index (Phi) is 13.5. The third-order valence-corrected chi connectivity index (χ3v) is 6.87. The van der Waals surface area contributed by atoms with E-state index in [4.69, 9.17) is 0 Å². The summed E-state index contributed by atoms with van der Waals surface area (Å²) < 4.78 is 51.0. The van der Waals surface area contributed by atoms with Crippen molar-refractivity contribution in [2.75, 3.05) is 19.7 Å². The molecule has 2 saturated heterocycles. The Morgan fingerprint density at radius 3 is 1.73 bits per heavy atom. The highest BCUT2D eigenvalue weighted by Gasteiger charge is 2.41. The molecule has 0 aliphatic carbocycles. The minimum Gasteiger partial charge on any atom is -0.462 e. The summed E-state index contributed by atoms with van der Waals surface area (Å²) in [6.45, 7) is 6.66. The molecule has 2 aliphatic heterocycles. The van der Waals surface area contributed by atoms with Gasteiger partial charge in [-0.3, -0.25) is 14.4 Å². The lowest BCUT2D eigenvalue weighted by atomic mass is 10.0. The summed E-state index contributed by atoms with van der Waals surface area (Å²) in [4.78, 5) is 48.1. The van der Waals surface area contributed by atoms with Gasteiger partial charge in [-0.1, -0.05) is 60.7 Å². The van der Waals surface area contributed by atoms with Crippen LogP contribution in [0, 0.1) is 5.92 Å². The van der Waals surface area contributed by atoms with Crippen LogP contribution in [0.5, 0.6) is 0 Å². The minimum atomic E-state index is -3.07. The maximum Gasteiger partial charge on any atom is 0.373 e. The molecule has 224 valence electrons. The molecule has 7 nitrogen and oxygen atoms in total. The monoisotopic (exact) mass is 580 g/mol. The van der Waals surface area contributed by atoms with Gasteiger partial charge >= 0.3 is 12.4 Å². The number of nitrogens with zero attached hydrogens (tertiary/aromatic N) is 2. The Bertz CT molecular complexity index is 1130. The Labute approximate surface area is 237 Å². The molecular weight excluding hydrogens is 544 g/mol. The second-order valence-corrected chi connectivity index (χ2v) is 9.49. The Hall–Kier alpha value is -3.76. The number of likely N-dealkylation sites (tertiary alicyclic amines) is 2. The molecule has 0 N–H and O–H groups in total. The van der Waals surface area contributed by atoms with Crippen LogP contribution in [-0.4, -0.2) is 65.9 Å². The normalized spacial score (nSPS) is 17.9. The van der Waals surface area contributed by atoms with E-state index >= 15 is 0 Å². The van der Waals surface area contributed by atoms with Gasteiger partial charge in [-0.15, -0.1) is 0 Å². The predicted molar refractivity (Wildman–Crippen MR) is 144 cm³/mol. The number of ether oxygens (including phenoxy) is 1. The summed E-state index contributed by atoms with van der Waals surface area (Å²) in [5.74, 6) is -4.07. The van der Waals surface area contributed by atoms with Crippen LogP contribution in [0.3, 0.4) is 0 Å². The summed E-state index contributed by atoms with van der Waals surface area (Å²) in [5, 5.41) is 0. The summed E-state index contributed by atoms with van der Waals surface area (Å²) in [6.07, 6.45) is -4.15. The fourth-order valence-electron chi connectivity index (χ4n) is 4.61. The summed E-state index contributed by atoms with van der Waals surface area (Å²) in [6, 6.07) is 19.6. The molecule has 2 aromatic rings. The van der Waals surface area contributed by atoms with Gasteiger partial charge in [-0.25, -0.2) is 13.6 Å². The molecule has 2 aromatic carbocycles. The van der Waals surface area contributed by atoms with Crippen LogP contribution in [0.1, 0.15) is 63.2 Å². The highest BCUT2D eigenvalue weighted by Crippen LogP contribution is 2.30. The fourth-order valence-corrected chi connectivity index (χ4v) is 4.61. The van der Waals surface area contributed by atoms with Crippen LogP contribution in [0.15, 0.2) is 60.7 Å². The average Bonchev–Trinajstić information content (AvgIpc) is 3.58. The van der Waals surface area contributed by atoms with E-state index in [0.29, 0.717) is 12.5 Å². The molecule has 4 rings (SSSR count). The largest absolute Gasteiger partial charge is 0.462 e. The predicted octanol–water partition coefficient (Wildman–Crippen LogP) is 5.61. The molecule has 2 heterocycles. The number of alkyl halides is 4. The lowest BCUT2D eigenvalue weighted by molar-refractivity contribution is -0.155. The first-order valence-electron chi connectivity index (χ1n) is 13.5. The highest BCUT2D eigenvalue weighted by molar-refractivity contribution is 6.04. The van der Waals surface area contributed by atoms with Gasteiger partial charge in [0.05, 0.1) is 18.7 Å². The molecule has 1 unspecified atom stereocenters. The number of halogens is 4. The lowest BCUT2D eigenvalue weighted by Gasteiger charge is -2.25. The third kappa shape index (κ3) is 9.68. The summed E-state index contributed by atoms with van der Waals surface area (Å²) >= 11 is 0. The number of carbonyl (C=O) groups excluding carboxylic acids is 4. The molecular formula is C30H36F4N2O5. The number of benzene rings is 2. The molecule has 0 spiro atoms. The van der Waals surface area contributed by atoms with Crippen LogP contribution in [-0.2, 0) is 23.9 Å². The second kappa shape index (κ2) is 16.5. The van der Waals surface area contributed by atoms with Gasteiger partial charge in [-0.05, 0) is 44.7 Å². The van der Waals surface area contributed by atoms with E-state index in [0.717, 1.165) is 24.9 Å². The molecule has 2 amide bonds. The Morgan fingerprint density at radius 1 is 0.829 bits per heavy atom. The van der Waals surface area contributed by atoms with Crippen molar-refractivity contribution in [2.45, 2.75) is 65.0 Å². The zero-order valence-electron chi connectivity index (χ0n) is 23.4. The SMILES string of the molecule is CCOC(=O)C(F)F.C[C@H](c1ccccc1)N1CCC(C(=O)C(F)F)C1=O.C[C@H](c1ccccc1)N1CCCC1=O. The van der Waals surface area contributed by atoms with E-state index in [2.05, 4.69) is 23.8 Å². The minimum absolute atomic E-state index is 0.00315. The quantitative estimate of drug-likeness (QED) is 0.230. The maximum atomic E-state index is 12.4. The summed E-state index contributed by atoms with van der Waals surface area (Å²) in [5.41, 5.74) is 2.16. The van der Waals surface area contributed by atoms with E-state index in [-0.39, 0.29) is 25.1 Å². The number of Topliss-reactive ketones (excluding diaryl/α,β-unsaturated/α-hetero) is 1.